The summed E-state index contributed by atoms with van der Waals surface area (Å²) in [5.41, 5.74) is 1.08. The maximum absolute atomic E-state index is 13.2. The molecule has 0 atom stereocenters. The summed E-state index contributed by atoms with van der Waals surface area (Å²) < 4.78 is 71.6. The molecule has 1 aliphatic heterocycles. The highest BCUT2D eigenvalue weighted by atomic mass is 32.2. The van der Waals surface area contributed by atoms with Gasteiger partial charge < -0.3 is 4.74 Å². The summed E-state index contributed by atoms with van der Waals surface area (Å²) in [6.07, 6.45) is 11.5. The van der Waals surface area contributed by atoms with Crippen LogP contribution in [0.15, 0.2) is 39.8 Å². The Labute approximate surface area is 245 Å². The molecule has 0 bridgehead atoms. The minimum absolute atomic E-state index is 0.234. The zero-order valence-corrected chi connectivity index (χ0v) is 25.3. The Kier molecular flexibility index (Phi) is 9.96. The fraction of sp³-hybridized carbons (Fsp3) is 0.593. The number of rotatable bonds is 10. The Hall–Kier alpha value is -3.01. The van der Waals surface area contributed by atoms with Gasteiger partial charge in [-0.15, -0.1) is 0 Å². The first-order valence-electron chi connectivity index (χ1n) is 14.2. The van der Waals surface area contributed by atoms with E-state index in [0.717, 1.165) is 0 Å². The maximum atomic E-state index is 13.2. The first-order valence-corrected chi connectivity index (χ1v) is 17.2. The molecular formula is C27H38N4O9S2. The first-order chi connectivity index (χ1) is 19.8. The Morgan fingerprint density at radius 1 is 0.881 bits per heavy atom. The molecule has 0 aromatic carbocycles. The molecule has 0 saturated heterocycles. The predicted octanol–water partition coefficient (Wildman–Crippen LogP) is 3.25. The number of hydrogen-bond donors (Lipinski definition) is 3. The van der Waals surface area contributed by atoms with Crippen LogP contribution < -0.4 is 10.3 Å². The molecule has 2 heterocycles. The van der Waals surface area contributed by atoms with Crippen molar-refractivity contribution in [1.82, 2.24) is 14.8 Å². The number of aromatic amines is 1. The minimum atomic E-state index is -4.11. The van der Waals surface area contributed by atoms with E-state index in [9.17, 15) is 35.5 Å². The first kappa shape index (κ1) is 31.9. The van der Waals surface area contributed by atoms with E-state index < -0.39 is 30.7 Å². The van der Waals surface area contributed by atoms with Crippen molar-refractivity contribution in [3.8, 4) is 5.88 Å². The quantitative estimate of drug-likeness (QED) is 0.199. The molecule has 0 unspecified atom stereocenters. The fourth-order valence-electron chi connectivity index (χ4n) is 5.81. The van der Waals surface area contributed by atoms with Crippen LogP contribution in [0.4, 0.5) is 0 Å². The van der Waals surface area contributed by atoms with Gasteiger partial charge in [-0.2, -0.15) is 21.9 Å². The van der Waals surface area contributed by atoms with Crippen molar-refractivity contribution >= 4 is 37.9 Å². The third-order valence-corrected chi connectivity index (χ3v) is 10.7. The number of H-pyrrole nitrogens is 1. The largest absolute Gasteiger partial charge is 0.478 e. The van der Waals surface area contributed by atoms with Gasteiger partial charge in [0.1, 0.15) is 5.56 Å². The molecule has 13 nitrogen and oxygen atoms in total. The highest BCUT2D eigenvalue weighted by Gasteiger charge is 2.38. The molecule has 15 heteroatoms. The highest BCUT2D eigenvalue weighted by molar-refractivity contribution is 7.86. The second kappa shape index (κ2) is 13.1. The van der Waals surface area contributed by atoms with Crippen LogP contribution in [-0.2, 0) is 25.0 Å². The van der Waals surface area contributed by atoms with Gasteiger partial charge in [0.2, 0.25) is 5.88 Å². The van der Waals surface area contributed by atoms with E-state index in [1.54, 1.807) is 37.3 Å². The molecule has 42 heavy (non-hydrogen) atoms. The Morgan fingerprint density at radius 2 is 1.45 bits per heavy atom. The van der Waals surface area contributed by atoms with Crippen LogP contribution in [0.5, 0.6) is 5.88 Å². The second-order valence-corrected chi connectivity index (χ2v) is 14.1. The van der Waals surface area contributed by atoms with Crippen LogP contribution >= 0.6 is 0 Å². The van der Waals surface area contributed by atoms with Gasteiger partial charge in [0.15, 0.2) is 0 Å². The smallest absolute Gasteiger partial charge is 0.278 e. The number of allylic oxidation sites excluding steroid dienone is 4. The van der Waals surface area contributed by atoms with E-state index in [0.29, 0.717) is 61.4 Å². The summed E-state index contributed by atoms with van der Waals surface area (Å²) >= 11 is 0. The number of nitrogens with zero attached hydrogens (tertiary/aromatic N) is 3. The molecule has 1 aromatic heterocycles. The van der Waals surface area contributed by atoms with Crippen LogP contribution in [0.25, 0.3) is 6.08 Å². The molecule has 2 saturated carbocycles. The van der Waals surface area contributed by atoms with E-state index in [2.05, 4.69) is 10.2 Å². The van der Waals surface area contributed by atoms with E-state index in [4.69, 9.17) is 4.74 Å². The SMILES string of the molecule is CCOc1[nH]n(C2CCC(S(=O)(=O)O)CC2)c(=O)c1C=CC=CC=C1C(=O)N(C2CCC(S(=O)(=O)O)CC2)N=C1CC. The summed E-state index contributed by atoms with van der Waals surface area (Å²) in [6, 6.07) is -0.481. The van der Waals surface area contributed by atoms with Gasteiger partial charge in [0.05, 0.1) is 40.5 Å². The average Bonchev–Trinajstić information content (AvgIpc) is 3.43. The van der Waals surface area contributed by atoms with Crippen LogP contribution in [0.2, 0.25) is 0 Å². The topological polar surface area (TPSA) is 188 Å². The third-order valence-electron chi connectivity index (χ3n) is 8.11. The maximum Gasteiger partial charge on any atom is 0.278 e. The number of carbonyl (C=O) groups excluding carboxylic acids is 1. The van der Waals surface area contributed by atoms with Crippen LogP contribution in [0.1, 0.15) is 83.2 Å². The van der Waals surface area contributed by atoms with Crippen LogP contribution in [0.3, 0.4) is 0 Å². The van der Waals surface area contributed by atoms with Gasteiger partial charge in [-0.3, -0.25) is 23.8 Å². The number of hydrazone groups is 1. The standard InChI is InChI=1S/C27H38N4O9S2/c1-3-24-22(26(32)30(28-24)18-10-14-20(15-11-18)41(34,35)36)8-6-5-7-9-23-25(40-4-2)29-31(27(23)33)19-12-16-21(17-13-19)42(37,38)39/h5-9,18-21,29H,3-4,10-17H2,1-2H3,(H,34,35,36)(H,37,38,39). The Balaban J connectivity index is 1.44. The summed E-state index contributed by atoms with van der Waals surface area (Å²) in [4.78, 5) is 26.3. The van der Waals surface area contributed by atoms with Crippen molar-refractivity contribution in [2.24, 2.45) is 5.10 Å². The molecule has 2 aliphatic carbocycles. The monoisotopic (exact) mass is 626 g/mol. The molecule has 2 fully saturated rings. The van der Waals surface area contributed by atoms with Crippen molar-refractivity contribution < 1.29 is 35.5 Å². The number of amides is 1. The van der Waals surface area contributed by atoms with Crippen molar-refractivity contribution in [1.29, 1.82) is 0 Å². The number of carbonyl (C=O) groups is 1. The third kappa shape index (κ3) is 7.13. The Morgan fingerprint density at radius 3 is 1.98 bits per heavy atom. The van der Waals surface area contributed by atoms with Gasteiger partial charge in [-0.25, -0.2) is 9.69 Å². The van der Waals surface area contributed by atoms with E-state index in [-0.39, 0.29) is 49.2 Å². The lowest BCUT2D eigenvalue weighted by Crippen LogP contribution is -2.39. The van der Waals surface area contributed by atoms with E-state index >= 15 is 0 Å². The van der Waals surface area contributed by atoms with Gasteiger partial charge in [-0.05, 0) is 76.9 Å². The number of nitrogens with one attached hydrogen (secondary N) is 1. The van der Waals surface area contributed by atoms with Gasteiger partial charge in [-0.1, -0.05) is 25.2 Å². The normalized spacial score (nSPS) is 27.0. The molecule has 0 spiro atoms. The lowest BCUT2D eigenvalue weighted by atomic mass is 9.94. The highest BCUT2D eigenvalue weighted by Crippen LogP contribution is 2.32. The van der Waals surface area contributed by atoms with E-state index in [1.807, 2.05) is 6.92 Å². The van der Waals surface area contributed by atoms with Gasteiger partial charge in [0.25, 0.3) is 31.7 Å². The van der Waals surface area contributed by atoms with Gasteiger partial charge >= 0.3 is 0 Å². The van der Waals surface area contributed by atoms with Crippen LogP contribution in [0, 0.1) is 0 Å². The molecular weight excluding hydrogens is 588 g/mol. The molecule has 3 N–H and O–H groups in total. The number of hydrogen-bond acceptors (Lipinski definition) is 8. The summed E-state index contributed by atoms with van der Waals surface area (Å²) in [7, 11) is -8.20. The second-order valence-electron chi connectivity index (χ2n) is 10.7. The predicted molar refractivity (Wildman–Crippen MR) is 157 cm³/mol. The molecule has 0 radical (unpaired) electrons. The van der Waals surface area contributed by atoms with Crippen molar-refractivity contribution in [2.45, 2.75) is 94.2 Å². The molecule has 1 amide bonds. The Bertz CT molecular complexity index is 1550. The average molecular weight is 627 g/mol. The van der Waals surface area contributed by atoms with Crippen LogP contribution in [-0.4, -0.2) is 75.5 Å². The van der Waals surface area contributed by atoms with Crippen molar-refractivity contribution in [2.75, 3.05) is 6.61 Å². The van der Waals surface area contributed by atoms with Gasteiger partial charge in [0, 0.05) is 0 Å². The zero-order chi connectivity index (χ0) is 30.7. The molecule has 3 aliphatic rings. The molecule has 1 aromatic rings. The lowest BCUT2D eigenvalue weighted by Gasteiger charge is -2.30. The van der Waals surface area contributed by atoms with Crippen molar-refractivity contribution in [3.63, 3.8) is 0 Å². The fourth-order valence-corrected chi connectivity index (χ4v) is 7.55. The number of aromatic nitrogens is 2. The van der Waals surface area contributed by atoms with E-state index in [1.165, 1.54) is 9.69 Å². The summed E-state index contributed by atoms with van der Waals surface area (Å²) in [5.74, 6) is 0.0415. The lowest BCUT2D eigenvalue weighted by molar-refractivity contribution is -0.128. The summed E-state index contributed by atoms with van der Waals surface area (Å²) in [5, 5.41) is 7.29. The minimum Gasteiger partial charge on any atom is -0.478 e. The molecule has 232 valence electrons. The summed E-state index contributed by atoms with van der Waals surface area (Å²) in [6.45, 7) is 4.01. The molecule has 4 rings (SSSR count). The van der Waals surface area contributed by atoms with Crippen molar-refractivity contribution in [3.05, 3.63) is 45.8 Å². The zero-order valence-electron chi connectivity index (χ0n) is 23.7. The number of ether oxygens (including phenoxy) is 1.